The van der Waals surface area contributed by atoms with Crippen LogP contribution in [0.2, 0.25) is 5.02 Å². The van der Waals surface area contributed by atoms with Crippen molar-refractivity contribution in [2.45, 2.75) is 19.9 Å². The van der Waals surface area contributed by atoms with Crippen LogP contribution in [0.4, 0.5) is 10.5 Å². The van der Waals surface area contributed by atoms with Crippen molar-refractivity contribution in [3.63, 3.8) is 0 Å². The highest BCUT2D eigenvalue weighted by Crippen LogP contribution is 2.26. The van der Waals surface area contributed by atoms with E-state index in [0.717, 1.165) is 4.47 Å². The van der Waals surface area contributed by atoms with Crippen LogP contribution in [0.5, 0.6) is 0 Å². The largest absolute Gasteiger partial charge is 0.373 e. The number of carbonyl (C=O) groups is 2. The minimum Gasteiger partial charge on any atom is -0.373 e. The quantitative estimate of drug-likeness (QED) is 0.783. The van der Waals surface area contributed by atoms with Crippen LogP contribution < -0.4 is 16.0 Å². The minimum absolute atomic E-state index is 0.419. The number of urea groups is 1. The second-order valence-electron chi connectivity index (χ2n) is 3.84. The van der Waals surface area contributed by atoms with Gasteiger partial charge in [0.05, 0.1) is 5.69 Å². The van der Waals surface area contributed by atoms with Crippen molar-refractivity contribution in [2.24, 2.45) is 0 Å². The molecule has 0 saturated heterocycles. The Morgan fingerprint density at radius 2 is 2.11 bits per heavy atom. The number of rotatable bonds is 4. The summed E-state index contributed by atoms with van der Waals surface area (Å²) in [6, 6.07) is 4.13. The molecule has 19 heavy (non-hydrogen) atoms. The predicted octanol–water partition coefficient (Wildman–Crippen LogP) is 2.75. The zero-order valence-corrected chi connectivity index (χ0v) is 12.9. The molecule has 0 saturated carbocycles. The Labute approximate surface area is 125 Å². The van der Waals surface area contributed by atoms with Gasteiger partial charge in [-0.25, -0.2) is 4.79 Å². The molecule has 5 nitrogen and oxygen atoms in total. The summed E-state index contributed by atoms with van der Waals surface area (Å²) in [4.78, 5) is 23.0. The standard InChI is InChI=1S/C12H15BrClN3O2/c1-3-15-12(19)17-11(18)7(2)16-10-6-8(14)4-5-9(10)13/h4-7,16H,3H2,1-2H3,(H2,15,17,18,19). The minimum atomic E-state index is -0.572. The van der Waals surface area contributed by atoms with Crippen molar-refractivity contribution >= 4 is 45.2 Å². The van der Waals surface area contributed by atoms with E-state index >= 15 is 0 Å². The third kappa shape index (κ3) is 5.08. The molecule has 0 aliphatic rings. The van der Waals surface area contributed by atoms with E-state index in [2.05, 4.69) is 31.9 Å². The molecular formula is C12H15BrClN3O2. The molecule has 1 aromatic carbocycles. The zero-order valence-electron chi connectivity index (χ0n) is 10.6. The van der Waals surface area contributed by atoms with Gasteiger partial charge in [-0.15, -0.1) is 0 Å². The van der Waals surface area contributed by atoms with Crippen LogP contribution in [0.1, 0.15) is 13.8 Å². The number of anilines is 1. The first-order valence-electron chi connectivity index (χ1n) is 5.74. The highest BCUT2D eigenvalue weighted by Gasteiger charge is 2.16. The number of amides is 3. The van der Waals surface area contributed by atoms with Gasteiger partial charge in [-0.05, 0) is 48.0 Å². The molecule has 7 heteroatoms. The Morgan fingerprint density at radius 3 is 2.74 bits per heavy atom. The number of nitrogens with one attached hydrogen (secondary N) is 3. The molecule has 0 radical (unpaired) electrons. The Balaban J connectivity index is 2.63. The maximum atomic E-state index is 11.7. The molecule has 1 rings (SSSR count). The fourth-order valence-electron chi connectivity index (χ4n) is 1.33. The average Bonchev–Trinajstić information content (AvgIpc) is 2.34. The first-order chi connectivity index (χ1) is 8.93. The zero-order chi connectivity index (χ0) is 14.4. The average molecular weight is 349 g/mol. The normalized spacial score (nSPS) is 11.6. The summed E-state index contributed by atoms with van der Waals surface area (Å²) in [6.45, 7) is 3.89. The SMILES string of the molecule is CCNC(=O)NC(=O)C(C)Nc1cc(Cl)ccc1Br. The van der Waals surface area contributed by atoms with Crippen LogP contribution in [0.3, 0.4) is 0 Å². The van der Waals surface area contributed by atoms with Crippen molar-refractivity contribution in [1.82, 2.24) is 10.6 Å². The number of hydrogen-bond acceptors (Lipinski definition) is 3. The van der Waals surface area contributed by atoms with E-state index in [1.807, 2.05) is 0 Å². The molecule has 1 aromatic rings. The summed E-state index contributed by atoms with van der Waals surface area (Å²) in [5, 5.41) is 8.25. The first-order valence-corrected chi connectivity index (χ1v) is 6.91. The summed E-state index contributed by atoms with van der Waals surface area (Å²) in [7, 11) is 0. The molecule has 0 heterocycles. The molecule has 104 valence electrons. The van der Waals surface area contributed by atoms with Gasteiger partial charge in [-0.1, -0.05) is 11.6 Å². The molecule has 0 bridgehead atoms. The molecule has 1 unspecified atom stereocenters. The van der Waals surface area contributed by atoms with Gasteiger partial charge in [-0.3, -0.25) is 10.1 Å². The molecule has 3 N–H and O–H groups in total. The summed E-state index contributed by atoms with van der Waals surface area (Å²) < 4.78 is 0.787. The van der Waals surface area contributed by atoms with Crippen LogP contribution in [-0.2, 0) is 4.79 Å². The smallest absolute Gasteiger partial charge is 0.321 e. The van der Waals surface area contributed by atoms with Gasteiger partial charge >= 0.3 is 6.03 Å². The molecular weight excluding hydrogens is 334 g/mol. The van der Waals surface area contributed by atoms with E-state index in [1.165, 1.54) is 0 Å². The topological polar surface area (TPSA) is 70.2 Å². The second kappa shape index (κ2) is 7.35. The van der Waals surface area contributed by atoms with E-state index in [1.54, 1.807) is 32.0 Å². The molecule has 0 aliphatic heterocycles. The van der Waals surface area contributed by atoms with E-state index in [0.29, 0.717) is 17.3 Å². The van der Waals surface area contributed by atoms with E-state index in [4.69, 9.17) is 11.6 Å². The lowest BCUT2D eigenvalue weighted by molar-refractivity contribution is -0.120. The van der Waals surface area contributed by atoms with Gasteiger partial charge in [0.1, 0.15) is 6.04 Å². The lowest BCUT2D eigenvalue weighted by atomic mass is 10.2. The van der Waals surface area contributed by atoms with Gasteiger partial charge in [0.15, 0.2) is 0 Å². The highest BCUT2D eigenvalue weighted by molar-refractivity contribution is 9.10. The van der Waals surface area contributed by atoms with Crippen LogP contribution >= 0.6 is 27.5 Å². The van der Waals surface area contributed by atoms with E-state index in [-0.39, 0.29) is 0 Å². The van der Waals surface area contributed by atoms with Crippen molar-refractivity contribution in [3.8, 4) is 0 Å². The lowest BCUT2D eigenvalue weighted by Gasteiger charge is -2.16. The lowest BCUT2D eigenvalue weighted by Crippen LogP contribution is -2.45. The number of carbonyl (C=O) groups excluding carboxylic acids is 2. The summed E-state index contributed by atoms with van der Waals surface area (Å²) in [5.74, 6) is -0.419. The highest BCUT2D eigenvalue weighted by atomic mass is 79.9. The van der Waals surface area contributed by atoms with Gasteiger partial charge in [0.25, 0.3) is 0 Å². The monoisotopic (exact) mass is 347 g/mol. The summed E-state index contributed by atoms with van der Waals surface area (Å²) in [5.41, 5.74) is 0.686. The van der Waals surface area contributed by atoms with Crippen molar-refractivity contribution in [2.75, 3.05) is 11.9 Å². The van der Waals surface area contributed by atoms with Crippen molar-refractivity contribution in [3.05, 3.63) is 27.7 Å². The fourth-order valence-corrected chi connectivity index (χ4v) is 1.86. The fraction of sp³-hybridized carbons (Fsp3) is 0.333. The number of halogens is 2. The number of imide groups is 1. The van der Waals surface area contributed by atoms with Gasteiger partial charge in [0.2, 0.25) is 5.91 Å². The Hall–Kier alpha value is -1.27. The van der Waals surface area contributed by atoms with Gasteiger partial charge < -0.3 is 10.6 Å². The van der Waals surface area contributed by atoms with E-state index < -0.39 is 18.0 Å². The number of benzene rings is 1. The Morgan fingerprint density at radius 1 is 1.42 bits per heavy atom. The second-order valence-corrected chi connectivity index (χ2v) is 5.13. The maximum Gasteiger partial charge on any atom is 0.321 e. The molecule has 0 aliphatic carbocycles. The Bertz CT molecular complexity index is 482. The van der Waals surface area contributed by atoms with Crippen molar-refractivity contribution in [1.29, 1.82) is 0 Å². The molecule has 0 aromatic heterocycles. The van der Waals surface area contributed by atoms with Crippen LogP contribution in [0.25, 0.3) is 0 Å². The number of hydrogen-bond donors (Lipinski definition) is 3. The van der Waals surface area contributed by atoms with Crippen LogP contribution in [0.15, 0.2) is 22.7 Å². The van der Waals surface area contributed by atoms with Crippen LogP contribution in [-0.4, -0.2) is 24.5 Å². The van der Waals surface area contributed by atoms with Crippen LogP contribution in [0, 0.1) is 0 Å². The van der Waals surface area contributed by atoms with Gasteiger partial charge in [-0.2, -0.15) is 0 Å². The maximum absolute atomic E-state index is 11.7. The third-order valence-electron chi connectivity index (χ3n) is 2.27. The summed E-state index contributed by atoms with van der Waals surface area (Å²) in [6.07, 6.45) is 0. The summed E-state index contributed by atoms with van der Waals surface area (Å²) >= 11 is 9.23. The molecule has 3 amide bonds. The molecule has 0 fully saturated rings. The third-order valence-corrected chi connectivity index (χ3v) is 3.19. The predicted molar refractivity (Wildman–Crippen MR) is 79.5 cm³/mol. The Kier molecular flexibility index (Phi) is 6.11. The van der Waals surface area contributed by atoms with Gasteiger partial charge in [0, 0.05) is 16.0 Å². The molecule has 1 atom stereocenters. The first kappa shape index (κ1) is 15.8. The molecule has 0 spiro atoms. The van der Waals surface area contributed by atoms with E-state index in [9.17, 15) is 9.59 Å². The van der Waals surface area contributed by atoms with Crippen molar-refractivity contribution < 1.29 is 9.59 Å².